The Hall–Kier alpha value is -2.32. The van der Waals surface area contributed by atoms with Crippen LogP contribution in [-0.4, -0.2) is 27.5 Å². The van der Waals surface area contributed by atoms with Crippen molar-refractivity contribution < 1.29 is 14.5 Å². The summed E-state index contributed by atoms with van der Waals surface area (Å²) >= 11 is 10.8. The summed E-state index contributed by atoms with van der Waals surface area (Å²) in [5.41, 5.74) is 0.933. The SMILES string of the molecule is CCOC(=O)c1c(-c2ccc(Cl)c([N+](=O)[O-])c2)nc(=S)[nH]c1C. The van der Waals surface area contributed by atoms with Crippen LogP contribution in [0.15, 0.2) is 18.2 Å². The predicted molar refractivity (Wildman–Crippen MR) is 87.2 cm³/mol. The number of esters is 1. The Morgan fingerprint density at radius 3 is 2.83 bits per heavy atom. The summed E-state index contributed by atoms with van der Waals surface area (Å²) in [7, 11) is 0. The highest BCUT2D eigenvalue weighted by Crippen LogP contribution is 2.31. The number of nitro benzene ring substituents is 1. The maximum Gasteiger partial charge on any atom is 0.342 e. The second-order valence-electron chi connectivity index (χ2n) is 4.53. The van der Waals surface area contributed by atoms with Gasteiger partial charge in [0.2, 0.25) is 0 Å². The third kappa shape index (κ3) is 3.54. The van der Waals surface area contributed by atoms with Crippen molar-refractivity contribution in [3.8, 4) is 11.3 Å². The molecule has 0 unspecified atom stereocenters. The van der Waals surface area contributed by atoms with E-state index in [1.54, 1.807) is 13.8 Å². The zero-order valence-electron chi connectivity index (χ0n) is 12.3. The van der Waals surface area contributed by atoms with Gasteiger partial charge in [-0.05, 0) is 32.1 Å². The summed E-state index contributed by atoms with van der Waals surface area (Å²) in [5.74, 6) is -0.587. The van der Waals surface area contributed by atoms with E-state index >= 15 is 0 Å². The van der Waals surface area contributed by atoms with Crippen molar-refractivity contribution in [2.24, 2.45) is 0 Å². The van der Waals surface area contributed by atoms with Gasteiger partial charge >= 0.3 is 5.97 Å². The molecule has 0 saturated carbocycles. The first kappa shape index (κ1) is 17.0. The molecule has 0 amide bonds. The number of nitrogens with zero attached hydrogens (tertiary/aromatic N) is 2. The van der Waals surface area contributed by atoms with Crippen molar-refractivity contribution in [1.29, 1.82) is 0 Å². The molecule has 0 bridgehead atoms. The number of rotatable bonds is 4. The Morgan fingerprint density at radius 1 is 1.52 bits per heavy atom. The molecule has 2 aromatic rings. The van der Waals surface area contributed by atoms with E-state index in [2.05, 4.69) is 9.97 Å². The lowest BCUT2D eigenvalue weighted by molar-refractivity contribution is -0.384. The van der Waals surface area contributed by atoms with Gasteiger partial charge in [-0.1, -0.05) is 17.7 Å². The molecule has 0 saturated heterocycles. The number of aromatic amines is 1. The van der Waals surface area contributed by atoms with Gasteiger partial charge in [0, 0.05) is 17.3 Å². The highest BCUT2D eigenvalue weighted by Gasteiger charge is 2.22. The van der Waals surface area contributed by atoms with Gasteiger partial charge in [0.15, 0.2) is 4.77 Å². The summed E-state index contributed by atoms with van der Waals surface area (Å²) in [6.07, 6.45) is 0. The summed E-state index contributed by atoms with van der Waals surface area (Å²) in [6.45, 7) is 3.52. The van der Waals surface area contributed by atoms with Gasteiger partial charge in [-0.2, -0.15) is 0 Å². The van der Waals surface area contributed by atoms with Crippen molar-refractivity contribution in [3.63, 3.8) is 0 Å². The third-order valence-electron chi connectivity index (χ3n) is 3.02. The standard InChI is InChI=1S/C14H12ClN3O4S/c1-3-22-13(19)11-7(2)16-14(23)17-12(11)8-4-5-9(15)10(6-8)18(20)21/h4-6H,3H2,1-2H3,(H,16,17,23). The Balaban J connectivity index is 2.72. The second kappa shape index (κ2) is 6.84. The Morgan fingerprint density at radius 2 is 2.22 bits per heavy atom. The molecule has 1 aromatic heterocycles. The molecule has 1 aromatic carbocycles. The normalized spacial score (nSPS) is 10.4. The van der Waals surface area contributed by atoms with E-state index < -0.39 is 10.9 Å². The third-order valence-corrected chi connectivity index (χ3v) is 3.53. The highest BCUT2D eigenvalue weighted by atomic mass is 35.5. The lowest BCUT2D eigenvalue weighted by Gasteiger charge is -2.11. The van der Waals surface area contributed by atoms with Crippen LogP contribution in [0.5, 0.6) is 0 Å². The van der Waals surface area contributed by atoms with Crippen LogP contribution in [-0.2, 0) is 4.74 Å². The lowest BCUT2D eigenvalue weighted by Crippen LogP contribution is -2.11. The molecule has 0 spiro atoms. The van der Waals surface area contributed by atoms with E-state index in [4.69, 9.17) is 28.6 Å². The minimum absolute atomic E-state index is 0.00533. The highest BCUT2D eigenvalue weighted by molar-refractivity contribution is 7.71. The van der Waals surface area contributed by atoms with E-state index in [1.807, 2.05) is 0 Å². The van der Waals surface area contributed by atoms with Crippen molar-refractivity contribution in [3.05, 3.63) is 49.4 Å². The van der Waals surface area contributed by atoms with Gasteiger partial charge in [0.05, 0.1) is 17.2 Å². The largest absolute Gasteiger partial charge is 0.462 e. The van der Waals surface area contributed by atoms with E-state index in [-0.39, 0.29) is 33.3 Å². The van der Waals surface area contributed by atoms with Crippen LogP contribution in [0.1, 0.15) is 23.0 Å². The molecule has 7 nitrogen and oxygen atoms in total. The number of hydrogen-bond donors (Lipinski definition) is 1. The number of carbonyl (C=O) groups excluding carboxylic acids is 1. The average Bonchev–Trinajstić information content (AvgIpc) is 2.46. The lowest BCUT2D eigenvalue weighted by atomic mass is 10.0. The van der Waals surface area contributed by atoms with Gasteiger partial charge in [-0.15, -0.1) is 0 Å². The predicted octanol–water partition coefficient (Wildman–Crippen LogP) is 3.85. The molecule has 0 aliphatic rings. The maximum absolute atomic E-state index is 12.2. The van der Waals surface area contributed by atoms with Crippen LogP contribution in [0.4, 0.5) is 5.69 Å². The van der Waals surface area contributed by atoms with Crippen LogP contribution in [0.25, 0.3) is 11.3 Å². The number of nitrogens with one attached hydrogen (secondary N) is 1. The molecule has 2 rings (SSSR count). The first-order chi connectivity index (χ1) is 10.8. The number of carbonyl (C=O) groups is 1. The summed E-state index contributed by atoms with van der Waals surface area (Å²) < 4.78 is 5.18. The van der Waals surface area contributed by atoms with Gasteiger partial charge in [-0.25, -0.2) is 9.78 Å². The number of nitro groups is 1. The summed E-state index contributed by atoms with van der Waals surface area (Å²) in [6, 6.07) is 4.16. The van der Waals surface area contributed by atoms with Crippen LogP contribution < -0.4 is 0 Å². The average molecular weight is 354 g/mol. The monoisotopic (exact) mass is 353 g/mol. The fourth-order valence-electron chi connectivity index (χ4n) is 2.05. The van der Waals surface area contributed by atoms with Gasteiger partial charge in [0.25, 0.3) is 5.69 Å². The van der Waals surface area contributed by atoms with Gasteiger partial charge in [-0.3, -0.25) is 10.1 Å². The van der Waals surface area contributed by atoms with E-state index in [0.29, 0.717) is 11.3 Å². The number of aryl methyl sites for hydroxylation is 1. The van der Waals surface area contributed by atoms with Crippen LogP contribution in [0.3, 0.4) is 0 Å². The molecule has 0 radical (unpaired) electrons. The molecule has 1 N–H and O–H groups in total. The quantitative estimate of drug-likeness (QED) is 0.388. The Bertz CT molecular complexity index is 850. The van der Waals surface area contributed by atoms with Crippen molar-refractivity contribution in [1.82, 2.24) is 9.97 Å². The number of benzene rings is 1. The first-order valence-electron chi connectivity index (χ1n) is 6.57. The summed E-state index contributed by atoms with van der Waals surface area (Å²) in [5, 5.41) is 11.0. The summed E-state index contributed by atoms with van der Waals surface area (Å²) in [4.78, 5) is 29.5. The topological polar surface area (TPSA) is 98.1 Å². The second-order valence-corrected chi connectivity index (χ2v) is 5.33. The Labute approximate surface area is 141 Å². The van der Waals surface area contributed by atoms with E-state index in [1.165, 1.54) is 18.2 Å². The fourth-order valence-corrected chi connectivity index (χ4v) is 2.48. The zero-order chi connectivity index (χ0) is 17.1. The number of aromatic nitrogens is 2. The van der Waals surface area contributed by atoms with Crippen molar-refractivity contribution in [2.75, 3.05) is 6.61 Å². The van der Waals surface area contributed by atoms with Crippen LogP contribution in [0.2, 0.25) is 5.02 Å². The molecular formula is C14H12ClN3O4S. The first-order valence-corrected chi connectivity index (χ1v) is 7.36. The minimum atomic E-state index is -0.605. The molecule has 0 fully saturated rings. The minimum Gasteiger partial charge on any atom is -0.462 e. The van der Waals surface area contributed by atoms with Crippen LogP contribution in [0, 0.1) is 21.8 Å². The molecular weight excluding hydrogens is 342 g/mol. The van der Waals surface area contributed by atoms with Crippen molar-refractivity contribution >= 4 is 35.5 Å². The molecule has 0 aliphatic heterocycles. The number of halogens is 1. The Kier molecular flexibility index (Phi) is 5.07. The van der Waals surface area contributed by atoms with Gasteiger partial charge in [0.1, 0.15) is 10.6 Å². The molecule has 9 heteroatoms. The van der Waals surface area contributed by atoms with Crippen LogP contribution >= 0.6 is 23.8 Å². The van der Waals surface area contributed by atoms with Gasteiger partial charge < -0.3 is 9.72 Å². The number of H-pyrrole nitrogens is 1. The van der Waals surface area contributed by atoms with Crippen molar-refractivity contribution in [2.45, 2.75) is 13.8 Å². The molecule has 23 heavy (non-hydrogen) atoms. The molecule has 120 valence electrons. The van der Waals surface area contributed by atoms with E-state index in [9.17, 15) is 14.9 Å². The number of ether oxygens (including phenoxy) is 1. The molecule has 0 atom stereocenters. The molecule has 0 aliphatic carbocycles. The van der Waals surface area contributed by atoms with E-state index in [0.717, 1.165) is 0 Å². The molecule has 1 heterocycles. The maximum atomic E-state index is 12.2. The fraction of sp³-hybridized carbons (Fsp3) is 0.214. The smallest absolute Gasteiger partial charge is 0.342 e. The zero-order valence-corrected chi connectivity index (χ0v) is 13.8. The number of hydrogen-bond acceptors (Lipinski definition) is 6.